The number of alkyl carbamates (subject to hydrolysis) is 1. The molecule has 3 aromatic rings. The van der Waals surface area contributed by atoms with Gasteiger partial charge >= 0.3 is 12.1 Å². The van der Waals surface area contributed by atoms with Gasteiger partial charge in [0.1, 0.15) is 30.3 Å². The predicted molar refractivity (Wildman–Crippen MR) is 172 cm³/mol. The smallest absolute Gasteiger partial charge is 0.408 e. The molecule has 244 valence electrons. The van der Waals surface area contributed by atoms with Gasteiger partial charge in [-0.2, -0.15) is 0 Å². The maximum absolute atomic E-state index is 13.8. The zero-order valence-corrected chi connectivity index (χ0v) is 26.4. The Bertz CT molecular complexity index is 1440. The SMILES string of the molecule is CC(C)(C)OC(=O)N[C@@H](CCC(N)=O)C(=O)N[C@H](Cc1ccccc1)C(=O)N[C@@H](Cc1ccccc1)C(=O)OCc1ccccc1. The summed E-state index contributed by atoms with van der Waals surface area (Å²) in [5.41, 5.74) is 6.79. The number of carbonyl (C=O) groups excluding carboxylic acids is 5. The molecule has 11 heteroatoms. The van der Waals surface area contributed by atoms with Crippen molar-refractivity contribution < 1.29 is 33.4 Å². The summed E-state index contributed by atoms with van der Waals surface area (Å²) in [5, 5.41) is 7.95. The number of amides is 4. The predicted octanol–water partition coefficient (Wildman–Crippen LogP) is 3.34. The molecule has 0 aliphatic rings. The van der Waals surface area contributed by atoms with Gasteiger partial charge in [0.05, 0.1) is 0 Å². The van der Waals surface area contributed by atoms with E-state index in [1.165, 1.54) is 0 Å². The highest BCUT2D eigenvalue weighted by atomic mass is 16.6. The molecule has 3 rings (SSSR count). The maximum atomic E-state index is 13.8. The van der Waals surface area contributed by atoms with E-state index in [1.807, 2.05) is 66.7 Å². The van der Waals surface area contributed by atoms with Gasteiger partial charge in [-0.25, -0.2) is 9.59 Å². The Labute approximate surface area is 269 Å². The van der Waals surface area contributed by atoms with Crippen LogP contribution < -0.4 is 21.7 Å². The van der Waals surface area contributed by atoms with Crippen molar-refractivity contribution in [2.24, 2.45) is 5.73 Å². The summed E-state index contributed by atoms with van der Waals surface area (Å²) in [7, 11) is 0. The number of hydrogen-bond acceptors (Lipinski definition) is 7. The van der Waals surface area contributed by atoms with E-state index in [0.29, 0.717) is 0 Å². The van der Waals surface area contributed by atoms with Crippen LogP contribution in [0, 0.1) is 0 Å². The second-order valence-corrected chi connectivity index (χ2v) is 11.8. The van der Waals surface area contributed by atoms with Gasteiger partial charge in [0, 0.05) is 19.3 Å². The molecule has 0 spiro atoms. The normalized spacial score (nSPS) is 12.9. The summed E-state index contributed by atoms with van der Waals surface area (Å²) >= 11 is 0. The van der Waals surface area contributed by atoms with Crippen LogP contribution in [0.1, 0.15) is 50.3 Å². The van der Waals surface area contributed by atoms with E-state index in [0.717, 1.165) is 16.7 Å². The van der Waals surface area contributed by atoms with E-state index in [2.05, 4.69) is 16.0 Å². The van der Waals surface area contributed by atoms with Crippen LogP contribution in [0.15, 0.2) is 91.0 Å². The highest BCUT2D eigenvalue weighted by Crippen LogP contribution is 2.11. The number of nitrogens with two attached hydrogens (primary N) is 1. The van der Waals surface area contributed by atoms with E-state index in [1.54, 1.807) is 45.0 Å². The first-order valence-electron chi connectivity index (χ1n) is 15.1. The molecule has 0 radical (unpaired) electrons. The molecule has 0 aliphatic carbocycles. The molecule has 0 unspecified atom stereocenters. The fraction of sp³-hybridized carbons (Fsp3) is 0.343. The Balaban J connectivity index is 1.83. The average Bonchev–Trinajstić information content (AvgIpc) is 3.01. The molecule has 0 saturated carbocycles. The molecule has 0 aliphatic heterocycles. The van der Waals surface area contributed by atoms with E-state index in [-0.39, 0.29) is 32.3 Å². The number of benzene rings is 3. The molecule has 0 heterocycles. The number of ether oxygens (including phenoxy) is 2. The van der Waals surface area contributed by atoms with Gasteiger partial charge in [-0.05, 0) is 43.9 Å². The number of esters is 1. The third-order valence-corrected chi connectivity index (χ3v) is 6.71. The Hall–Kier alpha value is -5.19. The van der Waals surface area contributed by atoms with Gasteiger partial charge in [-0.1, -0.05) is 91.0 Å². The molecule has 3 aromatic carbocycles. The first kappa shape index (κ1) is 35.3. The highest BCUT2D eigenvalue weighted by molar-refractivity contribution is 5.93. The Kier molecular flexibility index (Phi) is 13.3. The largest absolute Gasteiger partial charge is 0.459 e. The minimum absolute atomic E-state index is 0.0168. The van der Waals surface area contributed by atoms with Crippen molar-refractivity contribution in [3.63, 3.8) is 0 Å². The van der Waals surface area contributed by atoms with Gasteiger partial charge in [0.25, 0.3) is 0 Å². The third-order valence-electron chi connectivity index (χ3n) is 6.71. The Morgan fingerprint density at radius 2 is 1.11 bits per heavy atom. The van der Waals surface area contributed by atoms with Gasteiger partial charge in [-0.3, -0.25) is 14.4 Å². The van der Waals surface area contributed by atoms with Crippen LogP contribution in [-0.4, -0.2) is 53.5 Å². The molecule has 0 aromatic heterocycles. The monoisotopic (exact) mass is 630 g/mol. The molecule has 0 saturated heterocycles. The molecule has 5 N–H and O–H groups in total. The fourth-order valence-corrected chi connectivity index (χ4v) is 4.48. The first-order chi connectivity index (χ1) is 21.9. The first-order valence-corrected chi connectivity index (χ1v) is 15.1. The lowest BCUT2D eigenvalue weighted by atomic mass is 10.0. The number of hydrogen-bond donors (Lipinski definition) is 4. The van der Waals surface area contributed by atoms with Gasteiger partial charge in [0.15, 0.2) is 0 Å². The van der Waals surface area contributed by atoms with Gasteiger partial charge in [0.2, 0.25) is 17.7 Å². The Morgan fingerprint density at radius 3 is 1.61 bits per heavy atom. The lowest BCUT2D eigenvalue weighted by Crippen LogP contribution is -2.57. The van der Waals surface area contributed by atoms with Crippen molar-refractivity contribution in [1.82, 2.24) is 16.0 Å². The topological polar surface area (TPSA) is 166 Å². The molecule has 0 fully saturated rings. The number of rotatable bonds is 15. The molecule has 0 bridgehead atoms. The minimum atomic E-state index is -1.23. The van der Waals surface area contributed by atoms with Gasteiger partial charge < -0.3 is 31.2 Å². The van der Waals surface area contributed by atoms with Crippen molar-refractivity contribution in [3.05, 3.63) is 108 Å². The summed E-state index contributed by atoms with van der Waals surface area (Å²) in [6, 6.07) is 23.9. The van der Waals surface area contributed by atoms with Crippen LogP contribution in [0.4, 0.5) is 4.79 Å². The average molecular weight is 631 g/mol. The van der Waals surface area contributed by atoms with E-state index < -0.39 is 53.5 Å². The molecule has 11 nitrogen and oxygen atoms in total. The van der Waals surface area contributed by atoms with Crippen LogP contribution in [-0.2, 0) is 48.1 Å². The van der Waals surface area contributed by atoms with Crippen molar-refractivity contribution >= 4 is 29.8 Å². The lowest BCUT2D eigenvalue weighted by Gasteiger charge is -2.26. The minimum Gasteiger partial charge on any atom is -0.459 e. The zero-order chi connectivity index (χ0) is 33.5. The molecular formula is C35H42N4O7. The number of nitrogens with one attached hydrogen (secondary N) is 3. The van der Waals surface area contributed by atoms with Crippen molar-refractivity contribution in [2.75, 3.05) is 0 Å². The quantitative estimate of drug-likeness (QED) is 0.187. The number of carbonyl (C=O) groups is 5. The van der Waals surface area contributed by atoms with Crippen LogP contribution in [0.25, 0.3) is 0 Å². The molecule has 46 heavy (non-hydrogen) atoms. The van der Waals surface area contributed by atoms with Crippen LogP contribution in [0.2, 0.25) is 0 Å². The van der Waals surface area contributed by atoms with Crippen LogP contribution in [0.3, 0.4) is 0 Å². The second kappa shape index (κ2) is 17.3. The summed E-state index contributed by atoms with van der Waals surface area (Å²) < 4.78 is 10.9. The van der Waals surface area contributed by atoms with E-state index >= 15 is 0 Å². The summed E-state index contributed by atoms with van der Waals surface area (Å²) in [4.78, 5) is 64.7. The van der Waals surface area contributed by atoms with Crippen molar-refractivity contribution in [1.29, 1.82) is 0 Å². The van der Waals surface area contributed by atoms with Crippen LogP contribution >= 0.6 is 0 Å². The molecule has 3 atom stereocenters. The maximum Gasteiger partial charge on any atom is 0.408 e. The zero-order valence-electron chi connectivity index (χ0n) is 26.4. The molecular weight excluding hydrogens is 588 g/mol. The second-order valence-electron chi connectivity index (χ2n) is 11.8. The third kappa shape index (κ3) is 12.8. The van der Waals surface area contributed by atoms with Crippen molar-refractivity contribution in [2.45, 2.75) is 76.8 Å². The summed E-state index contributed by atoms with van der Waals surface area (Å²) in [6.07, 6.45) is -0.971. The fourth-order valence-electron chi connectivity index (χ4n) is 4.48. The number of primary amides is 1. The summed E-state index contributed by atoms with van der Waals surface area (Å²) in [6.45, 7) is 5.02. The summed E-state index contributed by atoms with van der Waals surface area (Å²) in [5.74, 6) is -2.67. The molecule has 4 amide bonds. The standard InChI is InChI=1S/C35H42N4O7/c1-35(2,3)46-34(44)39-27(19-20-30(36)40)31(41)37-28(21-24-13-7-4-8-14-24)32(42)38-29(22-25-15-9-5-10-16-25)33(43)45-23-26-17-11-6-12-18-26/h4-18,27-29H,19-23H2,1-3H3,(H2,36,40)(H,37,41)(H,38,42)(H,39,44)/t27-,28+,29-/m0/s1. The highest BCUT2D eigenvalue weighted by Gasteiger charge is 2.31. The van der Waals surface area contributed by atoms with Crippen LogP contribution in [0.5, 0.6) is 0 Å². The van der Waals surface area contributed by atoms with Gasteiger partial charge in [-0.15, -0.1) is 0 Å². The lowest BCUT2D eigenvalue weighted by molar-refractivity contribution is -0.149. The van der Waals surface area contributed by atoms with E-state index in [4.69, 9.17) is 15.2 Å². The van der Waals surface area contributed by atoms with E-state index in [9.17, 15) is 24.0 Å². The van der Waals surface area contributed by atoms with Crippen molar-refractivity contribution in [3.8, 4) is 0 Å². The Morgan fingerprint density at radius 1 is 0.652 bits per heavy atom.